The molecule has 2 aromatic carbocycles. The van der Waals surface area contributed by atoms with Gasteiger partial charge in [0.1, 0.15) is 5.58 Å². The van der Waals surface area contributed by atoms with Crippen LogP contribution in [0.2, 0.25) is 5.02 Å². The quantitative estimate of drug-likeness (QED) is 0.723. The molecule has 0 bridgehead atoms. The first kappa shape index (κ1) is 13.8. The number of furan rings is 1. The zero-order valence-electron chi connectivity index (χ0n) is 10.7. The Bertz CT molecular complexity index is 886. The molecule has 0 aliphatic carbocycles. The summed E-state index contributed by atoms with van der Waals surface area (Å²) in [4.78, 5) is 0. The molecule has 3 aromatic rings. The number of nitrogens with one attached hydrogen (secondary N) is 1. The van der Waals surface area contributed by atoms with Crippen LogP contribution < -0.4 is 10.5 Å². The summed E-state index contributed by atoms with van der Waals surface area (Å²) in [5, 5.41) is 0.909. The number of hydrogen-bond donors (Lipinski definition) is 2. The second kappa shape index (κ2) is 4.98. The number of fused-ring (bicyclic) bond motifs is 1. The standard InChI is InChI=1S/C14H11ClN2O3S/c15-10-5-6-11(16)12(8-10)17-21(18,19)14-7-9-3-1-2-4-13(9)20-14/h1-8,17H,16H2. The summed E-state index contributed by atoms with van der Waals surface area (Å²) in [6, 6.07) is 13.0. The summed E-state index contributed by atoms with van der Waals surface area (Å²) in [6.45, 7) is 0. The number of anilines is 2. The third-order valence-electron chi connectivity index (χ3n) is 2.93. The molecule has 0 radical (unpaired) electrons. The van der Waals surface area contributed by atoms with Gasteiger partial charge in [0.05, 0.1) is 11.4 Å². The van der Waals surface area contributed by atoms with E-state index in [-0.39, 0.29) is 16.5 Å². The summed E-state index contributed by atoms with van der Waals surface area (Å²) in [7, 11) is -3.87. The molecule has 1 heterocycles. The number of rotatable bonds is 3. The van der Waals surface area contributed by atoms with Crippen molar-refractivity contribution in [2.24, 2.45) is 0 Å². The molecule has 0 atom stereocenters. The fraction of sp³-hybridized carbons (Fsp3) is 0. The molecule has 3 rings (SSSR count). The Hall–Kier alpha value is -2.18. The highest BCUT2D eigenvalue weighted by molar-refractivity contribution is 7.92. The highest BCUT2D eigenvalue weighted by atomic mass is 35.5. The Morgan fingerprint density at radius 1 is 1.10 bits per heavy atom. The Balaban J connectivity index is 2.02. The molecule has 0 fully saturated rings. The van der Waals surface area contributed by atoms with E-state index in [1.807, 2.05) is 0 Å². The average Bonchev–Trinajstić information content (AvgIpc) is 2.87. The van der Waals surface area contributed by atoms with Gasteiger partial charge in [-0.1, -0.05) is 29.8 Å². The number of halogens is 1. The van der Waals surface area contributed by atoms with E-state index in [1.54, 1.807) is 30.3 Å². The molecular weight excluding hydrogens is 312 g/mol. The van der Waals surface area contributed by atoms with Gasteiger partial charge >= 0.3 is 0 Å². The molecule has 0 aliphatic heterocycles. The number of para-hydroxylation sites is 1. The SMILES string of the molecule is Nc1ccc(Cl)cc1NS(=O)(=O)c1cc2ccccc2o1. The number of sulfonamides is 1. The lowest BCUT2D eigenvalue weighted by molar-refractivity contribution is 0.484. The van der Waals surface area contributed by atoms with Crippen LogP contribution in [0.1, 0.15) is 0 Å². The highest BCUT2D eigenvalue weighted by Gasteiger charge is 2.20. The molecule has 5 nitrogen and oxygen atoms in total. The lowest BCUT2D eigenvalue weighted by Gasteiger charge is -2.08. The van der Waals surface area contributed by atoms with E-state index in [4.69, 9.17) is 21.8 Å². The van der Waals surface area contributed by atoms with Crippen LogP contribution in [0.25, 0.3) is 11.0 Å². The topological polar surface area (TPSA) is 85.3 Å². The zero-order chi connectivity index (χ0) is 15.0. The van der Waals surface area contributed by atoms with E-state index < -0.39 is 10.0 Å². The van der Waals surface area contributed by atoms with Crippen LogP contribution in [0.3, 0.4) is 0 Å². The van der Waals surface area contributed by atoms with Gasteiger partial charge in [-0.2, -0.15) is 8.42 Å². The van der Waals surface area contributed by atoms with Crippen molar-refractivity contribution >= 4 is 44.0 Å². The van der Waals surface area contributed by atoms with Gasteiger partial charge in [-0.05, 0) is 24.3 Å². The monoisotopic (exact) mass is 322 g/mol. The maximum Gasteiger partial charge on any atom is 0.295 e. The van der Waals surface area contributed by atoms with Crippen molar-refractivity contribution in [1.82, 2.24) is 0 Å². The molecule has 0 saturated carbocycles. The van der Waals surface area contributed by atoms with E-state index in [0.717, 1.165) is 0 Å². The first-order valence-electron chi connectivity index (χ1n) is 6.02. The van der Waals surface area contributed by atoms with Crippen LogP contribution in [0, 0.1) is 0 Å². The van der Waals surface area contributed by atoms with Crippen molar-refractivity contribution in [3.63, 3.8) is 0 Å². The van der Waals surface area contributed by atoms with Gasteiger partial charge < -0.3 is 10.2 Å². The smallest absolute Gasteiger partial charge is 0.295 e. The van der Waals surface area contributed by atoms with Gasteiger partial charge in [0.15, 0.2) is 0 Å². The van der Waals surface area contributed by atoms with Crippen LogP contribution in [0.4, 0.5) is 11.4 Å². The first-order chi connectivity index (χ1) is 9.95. The van der Waals surface area contributed by atoms with Crippen molar-refractivity contribution < 1.29 is 12.8 Å². The molecule has 0 unspecified atom stereocenters. The predicted octanol–water partition coefficient (Wildman–Crippen LogP) is 3.47. The molecule has 21 heavy (non-hydrogen) atoms. The Labute approximate surface area is 126 Å². The minimum Gasteiger partial charge on any atom is -0.443 e. The Morgan fingerprint density at radius 2 is 1.86 bits per heavy atom. The second-order valence-electron chi connectivity index (χ2n) is 4.44. The van der Waals surface area contributed by atoms with E-state index in [2.05, 4.69) is 4.72 Å². The van der Waals surface area contributed by atoms with Gasteiger partial charge in [0.2, 0.25) is 5.09 Å². The normalized spacial score (nSPS) is 11.7. The predicted molar refractivity (Wildman–Crippen MR) is 82.9 cm³/mol. The maximum absolute atomic E-state index is 12.3. The molecule has 0 saturated heterocycles. The number of benzene rings is 2. The van der Waals surface area contributed by atoms with E-state index in [9.17, 15) is 8.42 Å². The van der Waals surface area contributed by atoms with Crippen LogP contribution >= 0.6 is 11.6 Å². The van der Waals surface area contributed by atoms with Crippen LogP contribution in [-0.2, 0) is 10.0 Å². The van der Waals surface area contributed by atoms with E-state index in [0.29, 0.717) is 16.0 Å². The van der Waals surface area contributed by atoms with Gasteiger partial charge in [-0.15, -0.1) is 0 Å². The first-order valence-corrected chi connectivity index (χ1v) is 7.88. The van der Waals surface area contributed by atoms with Crippen molar-refractivity contribution in [3.8, 4) is 0 Å². The molecular formula is C14H11ClN2O3S. The van der Waals surface area contributed by atoms with Gasteiger partial charge in [0, 0.05) is 16.5 Å². The molecule has 0 amide bonds. The lowest BCUT2D eigenvalue weighted by Crippen LogP contribution is -2.13. The van der Waals surface area contributed by atoms with Crippen LogP contribution in [0.5, 0.6) is 0 Å². The summed E-state index contributed by atoms with van der Waals surface area (Å²) in [6.07, 6.45) is 0. The summed E-state index contributed by atoms with van der Waals surface area (Å²) >= 11 is 5.84. The number of nitrogen functional groups attached to an aromatic ring is 1. The van der Waals surface area contributed by atoms with Crippen molar-refractivity contribution in [1.29, 1.82) is 0 Å². The molecule has 7 heteroatoms. The number of nitrogens with two attached hydrogens (primary N) is 1. The summed E-state index contributed by atoms with van der Waals surface area (Å²) in [5.74, 6) is 0. The van der Waals surface area contributed by atoms with Gasteiger partial charge in [-0.3, -0.25) is 4.72 Å². The fourth-order valence-corrected chi connectivity index (χ4v) is 3.12. The minimum atomic E-state index is -3.87. The van der Waals surface area contributed by atoms with Crippen molar-refractivity contribution in [3.05, 3.63) is 53.6 Å². The van der Waals surface area contributed by atoms with E-state index >= 15 is 0 Å². The van der Waals surface area contributed by atoms with Gasteiger partial charge in [-0.25, -0.2) is 0 Å². The van der Waals surface area contributed by atoms with Crippen molar-refractivity contribution in [2.45, 2.75) is 5.09 Å². The van der Waals surface area contributed by atoms with E-state index in [1.165, 1.54) is 18.2 Å². The molecule has 3 N–H and O–H groups in total. The molecule has 0 spiro atoms. The van der Waals surface area contributed by atoms with Crippen LogP contribution in [-0.4, -0.2) is 8.42 Å². The molecule has 1 aromatic heterocycles. The van der Waals surface area contributed by atoms with Crippen LogP contribution in [0.15, 0.2) is 58.0 Å². The van der Waals surface area contributed by atoms with Crippen molar-refractivity contribution in [2.75, 3.05) is 10.5 Å². The molecule has 0 aliphatic rings. The highest BCUT2D eigenvalue weighted by Crippen LogP contribution is 2.28. The third kappa shape index (κ3) is 2.68. The maximum atomic E-state index is 12.3. The Kier molecular flexibility index (Phi) is 3.27. The average molecular weight is 323 g/mol. The zero-order valence-corrected chi connectivity index (χ0v) is 12.3. The fourth-order valence-electron chi connectivity index (χ4n) is 1.90. The third-order valence-corrected chi connectivity index (χ3v) is 4.38. The minimum absolute atomic E-state index is 0.178. The largest absolute Gasteiger partial charge is 0.443 e. The second-order valence-corrected chi connectivity index (χ2v) is 6.49. The summed E-state index contributed by atoms with van der Waals surface area (Å²) < 4.78 is 32.4. The van der Waals surface area contributed by atoms with Gasteiger partial charge in [0.25, 0.3) is 10.0 Å². The molecule has 108 valence electrons. The Morgan fingerprint density at radius 3 is 2.62 bits per heavy atom. The summed E-state index contributed by atoms with van der Waals surface area (Å²) in [5.41, 5.74) is 6.72. The number of hydrogen-bond acceptors (Lipinski definition) is 4. The lowest BCUT2D eigenvalue weighted by atomic mass is 10.3.